The van der Waals surface area contributed by atoms with Crippen molar-refractivity contribution in [3.63, 3.8) is 0 Å². The van der Waals surface area contributed by atoms with Crippen LogP contribution in [0.5, 0.6) is 0 Å². The molecule has 58 valence electrons. The topological polar surface area (TPSA) is 75.7 Å². The predicted octanol–water partition coefficient (Wildman–Crippen LogP) is -1.77. The van der Waals surface area contributed by atoms with Crippen LogP contribution in [0.2, 0.25) is 0 Å². The Kier molecular flexibility index (Phi) is 5.13. The van der Waals surface area contributed by atoms with Gasteiger partial charge in [0.1, 0.15) is 0 Å². The van der Waals surface area contributed by atoms with E-state index in [-0.39, 0.29) is 37.7 Å². The van der Waals surface area contributed by atoms with Gasteiger partial charge in [0, 0.05) is 31.1 Å². The molecule has 10 heavy (non-hydrogen) atoms. The van der Waals surface area contributed by atoms with Crippen molar-refractivity contribution in [2.24, 2.45) is 5.73 Å². The normalized spacial score (nSPS) is 39.3. The molecule has 4 nitrogen and oxygen atoms in total. The summed E-state index contributed by atoms with van der Waals surface area (Å²) in [5.74, 6) is 0. The van der Waals surface area contributed by atoms with Gasteiger partial charge in [-0.2, -0.15) is 6.61 Å². The van der Waals surface area contributed by atoms with Crippen LogP contribution < -0.4 is 5.73 Å². The number of rotatable bonds is 1. The first-order valence-corrected chi connectivity index (χ1v) is 2.79. The Labute approximate surface area is 83.1 Å². The molecule has 1 aliphatic rings. The Morgan fingerprint density at radius 2 is 2.20 bits per heavy atom. The molecule has 0 aromatic rings. The summed E-state index contributed by atoms with van der Waals surface area (Å²) in [4.78, 5) is 0. The fourth-order valence-corrected chi connectivity index (χ4v) is 0.752. The maximum Gasteiger partial charge on any atom is 0.0725 e. The van der Waals surface area contributed by atoms with Crippen LogP contribution in [0, 0.1) is 37.7 Å². The summed E-state index contributed by atoms with van der Waals surface area (Å²) in [6.07, 6.45) is -1.28. The standard InChI is InChI=1S/C5H10NO3.U/c6-3-2-9-4(1-7)5(3)8;/h2-5,7-8H,1,6H2;/q-1;/t3?,4-,5?;/m1./s1. The van der Waals surface area contributed by atoms with Crippen molar-refractivity contribution >= 4 is 0 Å². The van der Waals surface area contributed by atoms with Crippen molar-refractivity contribution in [3.8, 4) is 0 Å². The Hall–Kier alpha value is 0.892. The van der Waals surface area contributed by atoms with E-state index >= 15 is 0 Å². The second-order valence-corrected chi connectivity index (χ2v) is 2.06. The van der Waals surface area contributed by atoms with E-state index in [2.05, 4.69) is 0 Å². The molecule has 0 saturated carbocycles. The first-order valence-electron chi connectivity index (χ1n) is 2.79. The second kappa shape index (κ2) is 4.71. The number of ether oxygens (including phenoxy) is 1. The number of aliphatic hydroxyl groups excluding tert-OH is 2. The van der Waals surface area contributed by atoms with Gasteiger partial charge in [-0.1, -0.05) is 6.04 Å². The zero-order valence-electron chi connectivity index (χ0n) is 5.40. The van der Waals surface area contributed by atoms with Crippen LogP contribution in [-0.2, 0) is 4.74 Å². The van der Waals surface area contributed by atoms with E-state index in [4.69, 9.17) is 20.7 Å². The minimum atomic E-state index is -0.755. The van der Waals surface area contributed by atoms with Crippen LogP contribution in [-0.4, -0.2) is 35.1 Å². The molecule has 0 aromatic carbocycles. The molecular formula is C5H10NO3U-. The van der Waals surface area contributed by atoms with Crippen LogP contribution >= 0.6 is 0 Å². The van der Waals surface area contributed by atoms with E-state index in [0.29, 0.717) is 0 Å². The monoisotopic (exact) mass is 370 g/mol. The first kappa shape index (κ1) is 10.9. The Morgan fingerprint density at radius 1 is 1.60 bits per heavy atom. The summed E-state index contributed by atoms with van der Waals surface area (Å²) in [6, 6.07) is -0.456. The summed E-state index contributed by atoms with van der Waals surface area (Å²) in [6.45, 7) is 1.15. The summed E-state index contributed by atoms with van der Waals surface area (Å²) in [7, 11) is 0. The van der Waals surface area contributed by atoms with E-state index in [0.717, 1.165) is 0 Å². The van der Waals surface area contributed by atoms with E-state index < -0.39 is 18.2 Å². The third-order valence-electron chi connectivity index (χ3n) is 1.37. The van der Waals surface area contributed by atoms with Crippen molar-refractivity contribution < 1.29 is 46.1 Å². The van der Waals surface area contributed by atoms with Gasteiger partial charge < -0.3 is 20.7 Å². The van der Waals surface area contributed by atoms with Crippen LogP contribution in [0.25, 0.3) is 0 Å². The molecule has 0 amide bonds. The molecule has 0 aliphatic carbocycles. The van der Waals surface area contributed by atoms with Gasteiger partial charge in [0.05, 0.1) is 18.8 Å². The SMILES string of the molecule is NC1[CH-]O[C@H](CO)C1O.[U]. The molecule has 0 radical (unpaired) electrons. The van der Waals surface area contributed by atoms with Gasteiger partial charge in [-0.25, -0.2) is 0 Å². The van der Waals surface area contributed by atoms with Crippen LogP contribution in [0.3, 0.4) is 0 Å². The summed E-state index contributed by atoms with van der Waals surface area (Å²) in [5.41, 5.74) is 5.30. The Bertz CT molecular complexity index is 103. The second-order valence-electron chi connectivity index (χ2n) is 2.06. The van der Waals surface area contributed by atoms with Crippen LogP contribution in [0.4, 0.5) is 0 Å². The molecule has 3 atom stereocenters. The molecule has 5 heteroatoms. The maximum absolute atomic E-state index is 9.02. The third-order valence-corrected chi connectivity index (χ3v) is 1.37. The van der Waals surface area contributed by atoms with Gasteiger partial charge in [0.25, 0.3) is 0 Å². The molecule has 1 rings (SSSR count). The average molecular weight is 370 g/mol. The van der Waals surface area contributed by atoms with Gasteiger partial charge in [-0.3, -0.25) is 0 Å². The van der Waals surface area contributed by atoms with Gasteiger partial charge in [-0.05, 0) is 0 Å². The predicted molar refractivity (Wildman–Crippen MR) is 30.2 cm³/mol. The van der Waals surface area contributed by atoms with Crippen LogP contribution in [0.1, 0.15) is 0 Å². The van der Waals surface area contributed by atoms with Crippen molar-refractivity contribution in [3.05, 3.63) is 6.61 Å². The van der Waals surface area contributed by atoms with E-state index in [1.54, 1.807) is 0 Å². The smallest absolute Gasteiger partial charge is 0.0725 e. The van der Waals surface area contributed by atoms with Gasteiger partial charge in [-0.15, -0.1) is 0 Å². The van der Waals surface area contributed by atoms with Crippen molar-refractivity contribution in [1.29, 1.82) is 0 Å². The Morgan fingerprint density at radius 3 is 2.40 bits per heavy atom. The molecule has 0 spiro atoms. The third kappa shape index (κ3) is 2.19. The number of nitrogens with two attached hydrogens (primary N) is 1. The zero-order chi connectivity index (χ0) is 6.85. The molecule has 1 aliphatic heterocycles. The number of hydrogen-bond donors (Lipinski definition) is 3. The fraction of sp³-hybridized carbons (Fsp3) is 0.800. The van der Waals surface area contributed by atoms with Crippen LogP contribution in [0.15, 0.2) is 0 Å². The summed E-state index contributed by atoms with van der Waals surface area (Å²) < 4.78 is 4.78. The quantitative estimate of drug-likeness (QED) is 0.478. The number of aliphatic hydroxyl groups is 2. The van der Waals surface area contributed by atoms with E-state index in [1.165, 1.54) is 6.61 Å². The molecule has 1 heterocycles. The molecule has 0 aromatic heterocycles. The number of hydrogen-bond acceptors (Lipinski definition) is 4. The molecule has 2 unspecified atom stereocenters. The van der Waals surface area contributed by atoms with Crippen molar-refractivity contribution in [2.45, 2.75) is 18.2 Å². The summed E-state index contributed by atoms with van der Waals surface area (Å²) in [5, 5.41) is 17.5. The van der Waals surface area contributed by atoms with E-state index in [1.807, 2.05) is 0 Å². The maximum atomic E-state index is 9.02. The van der Waals surface area contributed by atoms with Gasteiger partial charge in [0.2, 0.25) is 0 Å². The Balaban J connectivity index is 0.000000810. The largest absolute Gasteiger partial charge is 0.545 e. The minimum Gasteiger partial charge on any atom is -0.545 e. The fourth-order valence-electron chi connectivity index (χ4n) is 0.752. The van der Waals surface area contributed by atoms with Gasteiger partial charge in [0.15, 0.2) is 0 Å². The van der Waals surface area contributed by atoms with Crippen molar-refractivity contribution in [1.82, 2.24) is 0 Å². The molecule has 0 bridgehead atoms. The molecule has 4 N–H and O–H groups in total. The minimum absolute atomic E-state index is 0. The van der Waals surface area contributed by atoms with Gasteiger partial charge >= 0.3 is 0 Å². The van der Waals surface area contributed by atoms with E-state index in [9.17, 15) is 0 Å². The average Bonchev–Trinajstić information content (AvgIpc) is 2.15. The molecule has 1 saturated heterocycles. The first-order chi connectivity index (χ1) is 4.25. The molecule has 1 fully saturated rings. The zero-order valence-corrected chi connectivity index (χ0v) is 9.56. The van der Waals surface area contributed by atoms with Crippen molar-refractivity contribution in [2.75, 3.05) is 6.61 Å². The molecular weight excluding hydrogens is 360 g/mol. The summed E-state index contributed by atoms with van der Waals surface area (Å²) >= 11 is 0.